The maximum Gasteiger partial charge on any atom is 0.433 e. The fourth-order valence-electron chi connectivity index (χ4n) is 2.83. The van der Waals surface area contributed by atoms with Crippen molar-refractivity contribution in [3.05, 3.63) is 58.9 Å². The van der Waals surface area contributed by atoms with Gasteiger partial charge in [0.15, 0.2) is 0 Å². The lowest BCUT2D eigenvalue weighted by atomic mass is 9.98. The SMILES string of the molecule is O=C(c1ccc(C(F)(F)F)nc1)N1CCCc2cc(C(F)(F)F)ccc21. The number of halogens is 6. The molecule has 0 saturated carbocycles. The Bertz CT molecular complexity index is 827. The summed E-state index contributed by atoms with van der Waals surface area (Å²) in [7, 11) is 0. The van der Waals surface area contributed by atoms with Crippen LogP contribution in [0.15, 0.2) is 36.5 Å². The standard InChI is InChI=1S/C17H12F6N2O/c18-16(19,20)12-4-5-13-10(8-12)2-1-7-25(13)15(26)11-3-6-14(24-9-11)17(21,22)23/h3-6,8-9H,1-2,7H2. The molecule has 0 bridgehead atoms. The van der Waals surface area contributed by atoms with Crippen molar-refractivity contribution in [3.63, 3.8) is 0 Å². The molecule has 3 nitrogen and oxygen atoms in total. The number of carbonyl (C=O) groups excluding carboxylic acids is 1. The van der Waals surface area contributed by atoms with Crippen LogP contribution in [-0.4, -0.2) is 17.4 Å². The summed E-state index contributed by atoms with van der Waals surface area (Å²) < 4.78 is 76.2. The monoisotopic (exact) mass is 374 g/mol. The number of benzene rings is 1. The number of alkyl halides is 6. The number of anilines is 1. The zero-order chi connectivity index (χ0) is 19.1. The smallest absolute Gasteiger partial charge is 0.308 e. The minimum atomic E-state index is -4.62. The Morgan fingerprint density at radius 2 is 1.73 bits per heavy atom. The molecule has 138 valence electrons. The van der Waals surface area contributed by atoms with E-state index >= 15 is 0 Å². The van der Waals surface area contributed by atoms with E-state index in [0.29, 0.717) is 30.2 Å². The van der Waals surface area contributed by atoms with E-state index in [2.05, 4.69) is 4.98 Å². The van der Waals surface area contributed by atoms with Crippen LogP contribution in [0.4, 0.5) is 32.0 Å². The molecule has 2 aromatic rings. The molecule has 1 aliphatic rings. The van der Waals surface area contributed by atoms with Gasteiger partial charge in [-0.25, -0.2) is 0 Å². The zero-order valence-corrected chi connectivity index (χ0v) is 13.2. The largest absolute Gasteiger partial charge is 0.433 e. The number of aryl methyl sites for hydroxylation is 1. The Balaban J connectivity index is 1.90. The third-order valence-corrected chi connectivity index (χ3v) is 4.07. The topological polar surface area (TPSA) is 33.2 Å². The molecule has 1 aromatic carbocycles. The molecule has 0 radical (unpaired) electrons. The van der Waals surface area contributed by atoms with Crippen LogP contribution in [0.5, 0.6) is 0 Å². The minimum Gasteiger partial charge on any atom is -0.308 e. The van der Waals surface area contributed by atoms with E-state index in [1.807, 2.05) is 0 Å². The van der Waals surface area contributed by atoms with E-state index in [1.165, 1.54) is 11.0 Å². The Labute approximate surface area is 144 Å². The number of hydrogen-bond acceptors (Lipinski definition) is 2. The lowest BCUT2D eigenvalue weighted by Gasteiger charge is -2.30. The Hall–Kier alpha value is -2.58. The number of nitrogens with zero attached hydrogens (tertiary/aromatic N) is 2. The molecular formula is C17H12F6N2O. The summed E-state index contributed by atoms with van der Waals surface area (Å²) in [5.41, 5.74) is -1.29. The summed E-state index contributed by atoms with van der Waals surface area (Å²) in [6.07, 6.45) is -7.45. The number of carbonyl (C=O) groups is 1. The van der Waals surface area contributed by atoms with Gasteiger partial charge in [-0.3, -0.25) is 9.78 Å². The van der Waals surface area contributed by atoms with Crippen LogP contribution in [0.2, 0.25) is 0 Å². The van der Waals surface area contributed by atoms with Crippen molar-refractivity contribution in [1.29, 1.82) is 0 Å². The summed E-state index contributed by atoms with van der Waals surface area (Å²) in [5.74, 6) is -0.605. The lowest BCUT2D eigenvalue weighted by molar-refractivity contribution is -0.141. The number of rotatable bonds is 1. The van der Waals surface area contributed by atoms with E-state index < -0.39 is 29.5 Å². The first-order valence-electron chi connectivity index (χ1n) is 7.62. The summed E-state index contributed by atoms with van der Waals surface area (Å²) in [5, 5.41) is 0. The normalized spacial score (nSPS) is 14.9. The summed E-state index contributed by atoms with van der Waals surface area (Å²) in [6, 6.07) is 4.81. The molecule has 0 N–H and O–H groups in total. The van der Waals surface area contributed by atoms with E-state index in [9.17, 15) is 31.1 Å². The number of pyridine rings is 1. The van der Waals surface area contributed by atoms with Crippen molar-refractivity contribution in [1.82, 2.24) is 4.98 Å². The first-order chi connectivity index (χ1) is 12.1. The van der Waals surface area contributed by atoms with Gasteiger partial charge in [-0.05, 0) is 48.7 Å². The zero-order valence-electron chi connectivity index (χ0n) is 13.2. The second kappa shape index (κ2) is 6.30. The molecule has 2 heterocycles. The first-order valence-corrected chi connectivity index (χ1v) is 7.62. The molecule has 0 atom stereocenters. The second-order valence-corrected chi connectivity index (χ2v) is 5.83. The van der Waals surface area contributed by atoms with Crippen LogP contribution in [0.1, 0.15) is 33.6 Å². The third-order valence-electron chi connectivity index (χ3n) is 4.07. The molecule has 0 spiro atoms. The van der Waals surface area contributed by atoms with Gasteiger partial charge in [0.2, 0.25) is 0 Å². The van der Waals surface area contributed by atoms with E-state index in [-0.39, 0.29) is 12.1 Å². The predicted octanol–water partition coefficient (Wildman–Crippen LogP) is 4.71. The highest BCUT2D eigenvalue weighted by atomic mass is 19.4. The van der Waals surface area contributed by atoms with E-state index in [0.717, 1.165) is 24.4 Å². The van der Waals surface area contributed by atoms with Gasteiger partial charge in [-0.15, -0.1) is 0 Å². The van der Waals surface area contributed by atoms with E-state index in [4.69, 9.17) is 0 Å². The van der Waals surface area contributed by atoms with Crippen molar-refractivity contribution in [2.24, 2.45) is 0 Å². The average molecular weight is 374 g/mol. The van der Waals surface area contributed by atoms with Gasteiger partial charge in [-0.1, -0.05) is 0 Å². The summed E-state index contributed by atoms with van der Waals surface area (Å²) >= 11 is 0. The van der Waals surface area contributed by atoms with Crippen molar-refractivity contribution >= 4 is 11.6 Å². The number of amides is 1. The fraction of sp³-hybridized carbons (Fsp3) is 0.294. The van der Waals surface area contributed by atoms with Gasteiger partial charge in [0.25, 0.3) is 5.91 Å². The van der Waals surface area contributed by atoms with Crippen molar-refractivity contribution in [2.75, 3.05) is 11.4 Å². The number of aromatic nitrogens is 1. The van der Waals surface area contributed by atoms with Gasteiger partial charge in [0.1, 0.15) is 5.69 Å². The van der Waals surface area contributed by atoms with Crippen LogP contribution in [-0.2, 0) is 18.8 Å². The predicted molar refractivity (Wildman–Crippen MR) is 80.7 cm³/mol. The van der Waals surface area contributed by atoms with Gasteiger partial charge in [-0.2, -0.15) is 26.3 Å². The number of hydrogen-bond donors (Lipinski definition) is 0. The maximum atomic E-state index is 12.8. The molecular weight excluding hydrogens is 362 g/mol. The molecule has 0 aliphatic carbocycles. The van der Waals surface area contributed by atoms with Gasteiger partial charge >= 0.3 is 12.4 Å². The molecule has 1 aromatic heterocycles. The lowest BCUT2D eigenvalue weighted by Crippen LogP contribution is -2.35. The average Bonchev–Trinajstić information content (AvgIpc) is 2.58. The minimum absolute atomic E-state index is 0.0641. The molecule has 1 aliphatic heterocycles. The van der Waals surface area contributed by atoms with Crippen LogP contribution in [0, 0.1) is 0 Å². The van der Waals surface area contributed by atoms with E-state index in [1.54, 1.807) is 0 Å². The van der Waals surface area contributed by atoms with Crippen LogP contribution >= 0.6 is 0 Å². The first kappa shape index (κ1) is 18.2. The van der Waals surface area contributed by atoms with Crippen LogP contribution in [0.25, 0.3) is 0 Å². The molecule has 0 unspecified atom stereocenters. The highest BCUT2D eigenvalue weighted by Gasteiger charge is 2.34. The van der Waals surface area contributed by atoms with Crippen LogP contribution in [0.3, 0.4) is 0 Å². The van der Waals surface area contributed by atoms with Crippen molar-refractivity contribution < 1.29 is 31.1 Å². The molecule has 3 rings (SSSR count). The highest BCUT2D eigenvalue weighted by Crippen LogP contribution is 2.35. The molecule has 1 amide bonds. The summed E-state index contributed by atoms with van der Waals surface area (Å²) in [4.78, 5) is 17.1. The Morgan fingerprint density at radius 3 is 2.31 bits per heavy atom. The van der Waals surface area contributed by atoms with Crippen LogP contribution < -0.4 is 4.90 Å². The van der Waals surface area contributed by atoms with Gasteiger partial charge in [0, 0.05) is 18.4 Å². The third kappa shape index (κ3) is 3.51. The fourth-order valence-corrected chi connectivity index (χ4v) is 2.83. The molecule has 0 saturated heterocycles. The molecule has 9 heteroatoms. The van der Waals surface area contributed by atoms with Gasteiger partial charge < -0.3 is 4.90 Å². The maximum absolute atomic E-state index is 12.8. The Kier molecular flexibility index (Phi) is 4.41. The van der Waals surface area contributed by atoms with Crippen molar-refractivity contribution in [2.45, 2.75) is 25.2 Å². The molecule has 26 heavy (non-hydrogen) atoms. The quantitative estimate of drug-likeness (QED) is 0.678. The van der Waals surface area contributed by atoms with Crippen molar-refractivity contribution in [3.8, 4) is 0 Å². The highest BCUT2D eigenvalue weighted by molar-refractivity contribution is 6.06. The second-order valence-electron chi connectivity index (χ2n) is 5.83. The summed E-state index contributed by atoms with van der Waals surface area (Å²) in [6.45, 7) is 0.262. The van der Waals surface area contributed by atoms with Gasteiger partial charge in [0.05, 0.1) is 11.1 Å². The Morgan fingerprint density at radius 1 is 1.00 bits per heavy atom. The molecule has 0 fully saturated rings. The number of fused-ring (bicyclic) bond motifs is 1.